The normalized spacial score (nSPS) is 11.8. The van der Waals surface area contributed by atoms with Crippen LogP contribution >= 0.6 is 15.3 Å². The van der Waals surface area contributed by atoms with Crippen molar-refractivity contribution < 1.29 is 46.3 Å². The van der Waals surface area contributed by atoms with Gasteiger partial charge in [0.25, 0.3) is 0 Å². The molecule has 0 aliphatic heterocycles. The molecule has 0 unspecified atom stereocenters. The number of amides is 2. The molecule has 0 rings (SSSR count). The molecule has 14 heteroatoms. The van der Waals surface area contributed by atoms with Crippen molar-refractivity contribution in [3.8, 4) is 0 Å². The van der Waals surface area contributed by atoms with E-state index in [1.165, 1.54) is 28.4 Å². The second-order valence-electron chi connectivity index (χ2n) is 5.83. The molecule has 178 valence electrons. The van der Waals surface area contributed by atoms with Gasteiger partial charge in [-0.2, -0.15) is 0 Å². The predicted molar refractivity (Wildman–Crippen MR) is 110 cm³/mol. The van der Waals surface area contributed by atoms with E-state index in [1.807, 2.05) is 0 Å². The summed E-state index contributed by atoms with van der Waals surface area (Å²) < 4.78 is 54.3. The van der Waals surface area contributed by atoms with Crippen molar-refractivity contribution in [1.29, 1.82) is 0 Å². The highest BCUT2D eigenvalue weighted by Gasteiger charge is 2.36. The van der Waals surface area contributed by atoms with Gasteiger partial charge >= 0.3 is 27.5 Å². The van der Waals surface area contributed by atoms with Gasteiger partial charge < -0.3 is 23.8 Å². The number of unbranched alkanes of at least 4 members (excludes halogenated alkanes) is 3. The molecule has 2 amide bonds. The molecule has 1 N–H and O–H groups in total. The SMILES string of the molecule is CCOC(=O)N(CCCCCCNC(=O)OCCP(=O)(OC)OC)P(=O)(OC)OC. The van der Waals surface area contributed by atoms with Crippen LogP contribution in [0.15, 0.2) is 0 Å². The number of nitrogens with zero attached hydrogens (tertiary/aromatic N) is 1. The molecule has 0 bridgehead atoms. The third-order valence-corrected chi connectivity index (χ3v) is 7.68. The Bertz CT molecular complexity index is 589. The van der Waals surface area contributed by atoms with Crippen molar-refractivity contribution in [3.63, 3.8) is 0 Å². The smallest absolute Gasteiger partial charge is 0.439 e. The lowest BCUT2D eigenvalue weighted by molar-refractivity contribution is 0.115. The Hall–Kier alpha value is -1.16. The summed E-state index contributed by atoms with van der Waals surface area (Å²) >= 11 is 0. The zero-order chi connectivity index (χ0) is 23.0. The molecule has 0 radical (unpaired) electrons. The van der Waals surface area contributed by atoms with Crippen LogP contribution in [0.1, 0.15) is 32.6 Å². The Morgan fingerprint density at radius 3 is 2.00 bits per heavy atom. The Morgan fingerprint density at radius 1 is 0.867 bits per heavy atom. The minimum Gasteiger partial charge on any atom is -0.449 e. The molecule has 0 aliphatic rings. The molecular weight excluding hydrogens is 442 g/mol. The van der Waals surface area contributed by atoms with E-state index in [4.69, 9.17) is 27.6 Å². The van der Waals surface area contributed by atoms with Gasteiger partial charge in [0.05, 0.1) is 12.8 Å². The molecule has 0 aliphatic carbocycles. The van der Waals surface area contributed by atoms with Crippen LogP contribution in [0.2, 0.25) is 0 Å². The lowest BCUT2D eigenvalue weighted by atomic mass is 10.2. The molecule has 0 aromatic heterocycles. The summed E-state index contributed by atoms with van der Waals surface area (Å²) in [5, 5.41) is 2.58. The van der Waals surface area contributed by atoms with Gasteiger partial charge in [-0.05, 0) is 19.8 Å². The number of ether oxygens (including phenoxy) is 2. The second-order valence-corrected chi connectivity index (χ2v) is 10.4. The van der Waals surface area contributed by atoms with Crippen molar-refractivity contribution in [2.24, 2.45) is 0 Å². The number of alkyl carbamates (subject to hydrolysis) is 1. The first-order valence-corrected chi connectivity index (χ1v) is 12.7. The molecule has 0 saturated heterocycles. The zero-order valence-electron chi connectivity index (χ0n) is 18.3. The quantitative estimate of drug-likeness (QED) is 0.259. The van der Waals surface area contributed by atoms with Crippen LogP contribution in [-0.2, 0) is 36.7 Å². The fourth-order valence-corrected chi connectivity index (χ4v) is 4.29. The Balaban J connectivity index is 4.11. The summed E-state index contributed by atoms with van der Waals surface area (Å²) in [4.78, 5) is 23.6. The first kappa shape index (κ1) is 28.8. The number of hydrogen-bond donors (Lipinski definition) is 1. The Morgan fingerprint density at radius 2 is 1.47 bits per heavy atom. The molecule has 30 heavy (non-hydrogen) atoms. The van der Waals surface area contributed by atoms with E-state index in [2.05, 4.69) is 5.32 Å². The maximum Gasteiger partial charge on any atom is 0.439 e. The van der Waals surface area contributed by atoms with Crippen molar-refractivity contribution in [2.45, 2.75) is 32.6 Å². The summed E-state index contributed by atoms with van der Waals surface area (Å²) in [7, 11) is -2.01. The van der Waals surface area contributed by atoms with Crippen LogP contribution in [-0.4, -0.2) is 77.8 Å². The number of hydrogen-bond acceptors (Lipinski definition) is 10. The fourth-order valence-electron chi connectivity index (χ4n) is 2.27. The molecule has 0 heterocycles. The monoisotopic (exact) mass is 476 g/mol. The summed E-state index contributed by atoms with van der Waals surface area (Å²) in [6.45, 7) is 2.23. The van der Waals surface area contributed by atoms with Gasteiger partial charge in [-0.15, -0.1) is 0 Å². The number of nitrogens with one attached hydrogen (secondary N) is 1. The maximum absolute atomic E-state index is 12.5. The second kappa shape index (κ2) is 15.6. The van der Waals surface area contributed by atoms with E-state index in [9.17, 15) is 18.7 Å². The number of carbonyl (C=O) groups excluding carboxylic acids is 2. The summed E-state index contributed by atoms with van der Waals surface area (Å²) in [5.74, 6) is 0. The molecule has 12 nitrogen and oxygen atoms in total. The van der Waals surface area contributed by atoms with E-state index in [-0.39, 0.29) is 25.9 Å². The van der Waals surface area contributed by atoms with Crippen LogP contribution in [0.5, 0.6) is 0 Å². The third kappa shape index (κ3) is 10.7. The summed E-state index contributed by atoms with van der Waals surface area (Å²) in [6, 6.07) is 0. The van der Waals surface area contributed by atoms with Gasteiger partial charge in [0, 0.05) is 41.5 Å². The Kier molecular flexibility index (Phi) is 15.0. The van der Waals surface area contributed by atoms with Gasteiger partial charge in [-0.3, -0.25) is 13.6 Å². The van der Waals surface area contributed by atoms with Gasteiger partial charge in [-0.1, -0.05) is 12.8 Å². The van der Waals surface area contributed by atoms with Crippen LogP contribution in [0.25, 0.3) is 0 Å². The summed E-state index contributed by atoms with van der Waals surface area (Å²) in [5.41, 5.74) is 0. The lowest BCUT2D eigenvalue weighted by Crippen LogP contribution is -2.31. The van der Waals surface area contributed by atoms with E-state index < -0.39 is 27.5 Å². The zero-order valence-corrected chi connectivity index (χ0v) is 20.1. The van der Waals surface area contributed by atoms with Crippen LogP contribution in [0.4, 0.5) is 9.59 Å². The highest BCUT2D eigenvalue weighted by Crippen LogP contribution is 2.51. The maximum atomic E-state index is 12.5. The molecule has 0 aromatic carbocycles. The first-order chi connectivity index (χ1) is 14.2. The number of rotatable bonds is 16. The van der Waals surface area contributed by atoms with E-state index in [0.717, 1.165) is 11.1 Å². The van der Waals surface area contributed by atoms with E-state index >= 15 is 0 Å². The largest absolute Gasteiger partial charge is 0.449 e. The molecular formula is C16H34N2O10P2. The summed E-state index contributed by atoms with van der Waals surface area (Å²) in [6.07, 6.45) is 1.27. The topological polar surface area (TPSA) is 139 Å². The highest BCUT2D eigenvalue weighted by molar-refractivity contribution is 7.53. The Labute approximate surface area is 178 Å². The molecule has 0 atom stereocenters. The minimum absolute atomic E-state index is 0.0306. The van der Waals surface area contributed by atoms with E-state index in [1.54, 1.807) is 6.92 Å². The molecule has 0 spiro atoms. The van der Waals surface area contributed by atoms with Crippen molar-refractivity contribution >= 4 is 27.5 Å². The average Bonchev–Trinajstić information content (AvgIpc) is 2.75. The van der Waals surface area contributed by atoms with Crippen LogP contribution in [0, 0.1) is 0 Å². The van der Waals surface area contributed by atoms with Crippen molar-refractivity contribution in [1.82, 2.24) is 9.99 Å². The molecule has 0 fully saturated rings. The van der Waals surface area contributed by atoms with Gasteiger partial charge in [-0.25, -0.2) is 18.8 Å². The molecule has 0 saturated carbocycles. The van der Waals surface area contributed by atoms with Crippen LogP contribution in [0.3, 0.4) is 0 Å². The van der Waals surface area contributed by atoms with Gasteiger partial charge in [0.15, 0.2) is 0 Å². The van der Waals surface area contributed by atoms with Gasteiger partial charge in [0.1, 0.15) is 6.61 Å². The predicted octanol–water partition coefficient (Wildman–Crippen LogP) is 3.62. The van der Waals surface area contributed by atoms with Gasteiger partial charge in [0.2, 0.25) is 0 Å². The van der Waals surface area contributed by atoms with Crippen molar-refractivity contribution in [2.75, 3.05) is 60.9 Å². The molecule has 0 aromatic rings. The van der Waals surface area contributed by atoms with Crippen molar-refractivity contribution in [3.05, 3.63) is 0 Å². The third-order valence-electron chi connectivity index (χ3n) is 3.96. The minimum atomic E-state index is -3.73. The number of carbonyl (C=O) groups is 2. The standard InChI is InChI=1S/C16H34N2O10P2/c1-6-27-16(20)18(30(22,25-4)26-5)12-10-8-7-9-11-17-15(19)28-13-14-29(21,23-2)24-3/h6-14H2,1-5H3,(H,17,19). The fraction of sp³-hybridized carbons (Fsp3) is 0.875. The highest BCUT2D eigenvalue weighted by atomic mass is 31.2. The lowest BCUT2D eigenvalue weighted by Gasteiger charge is -2.27. The van der Waals surface area contributed by atoms with Crippen LogP contribution < -0.4 is 5.32 Å². The van der Waals surface area contributed by atoms with E-state index in [0.29, 0.717) is 25.8 Å². The first-order valence-electron chi connectivity index (χ1n) is 9.49. The average molecular weight is 476 g/mol.